The Hall–Kier alpha value is -0.840. The maximum absolute atomic E-state index is 6.11. The van der Waals surface area contributed by atoms with Crippen molar-refractivity contribution in [1.29, 1.82) is 0 Å². The Morgan fingerprint density at radius 2 is 2.47 bits per heavy atom. The van der Waals surface area contributed by atoms with E-state index in [1.807, 2.05) is 6.07 Å². The van der Waals surface area contributed by atoms with Crippen molar-refractivity contribution < 1.29 is 0 Å². The summed E-state index contributed by atoms with van der Waals surface area (Å²) in [6.07, 6.45) is 0. The van der Waals surface area contributed by atoms with Crippen LogP contribution in [-0.2, 0) is 13.1 Å². The lowest BCUT2D eigenvalue weighted by atomic mass is 10.3. The zero-order valence-electron chi connectivity index (χ0n) is 8.03. The Balaban J connectivity index is 2.16. The molecule has 78 valence electrons. The minimum Gasteiger partial charge on any atom is -0.324 e. The summed E-state index contributed by atoms with van der Waals surface area (Å²) in [6.45, 7) is 2.75. The van der Waals surface area contributed by atoms with Crippen LogP contribution in [0.25, 0.3) is 10.7 Å². The van der Waals surface area contributed by atoms with E-state index in [1.165, 1.54) is 4.88 Å². The summed E-state index contributed by atoms with van der Waals surface area (Å²) in [5, 5.41) is 5.99. The lowest BCUT2D eigenvalue weighted by Gasteiger charge is -2.17. The average Bonchev–Trinajstić information content (AvgIpc) is 2.87. The second-order valence-electron chi connectivity index (χ2n) is 3.48. The maximum Gasteiger partial charge on any atom is 0.152 e. The summed E-state index contributed by atoms with van der Waals surface area (Å²) < 4.78 is 2.21. The second kappa shape index (κ2) is 3.63. The van der Waals surface area contributed by atoms with Crippen molar-refractivity contribution in [3.63, 3.8) is 0 Å². The molecule has 2 aromatic heterocycles. The first-order valence-corrected chi connectivity index (χ1v) is 6.11. The molecule has 0 atom stereocenters. The van der Waals surface area contributed by atoms with Crippen LogP contribution in [-0.4, -0.2) is 16.1 Å². The topological polar surface area (TPSA) is 29.9 Å². The van der Waals surface area contributed by atoms with Gasteiger partial charge < -0.3 is 9.88 Å². The minimum absolute atomic E-state index is 0.630. The third-order valence-electron chi connectivity index (χ3n) is 2.57. The molecule has 5 heteroatoms. The van der Waals surface area contributed by atoms with E-state index >= 15 is 0 Å². The van der Waals surface area contributed by atoms with Gasteiger partial charge in [-0.3, -0.25) is 0 Å². The average molecular weight is 240 g/mol. The van der Waals surface area contributed by atoms with E-state index in [0.717, 1.165) is 31.2 Å². The predicted molar refractivity (Wildman–Crippen MR) is 62.3 cm³/mol. The molecule has 0 radical (unpaired) electrons. The molecular weight excluding hydrogens is 230 g/mol. The zero-order valence-corrected chi connectivity index (χ0v) is 9.61. The first kappa shape index (κ1) is 9.39. The van der Waals surface area contributed by atoms with Crippen LogP contribution in [0.3, 0.4) is 0 Å². The second-order valence-corrected chi connectivity index (χ2v) is 4.78. The number of nitrogens with zero attached hydrogens (tertiary/aromatic N) is 2. The molecule has 1 aliphatic heterocycles. The van der Waals surface area contributed by atoms with Gasteiger partial charge in [0.25, 0.3) is 0 Å². The number of imidazole rings is 1. The van der Waals surface area contributed by atoms with Crippen LogP contribution in [0.15, 0.2) is 17.5 Å². The molecule has 3 nitrogen and oxygen atoms in total. The molecule has 3 rings (SSSR count). The molecular formula is C10H10ClN3S. The minimum atomic E-state index is 0.630. The molecule has 0 saturated carbocycles. The van der Waals surface area contributed by atoms with Gasteiger partial charge in [0.1, 0.15) is 0 Å². The van der Waals surface area contributed by atoms with Gasteiger partial charge in [-0.25, -0.2) is 4.98 Å². The number of halogens is 1. The lowest BCUT2D eigenvalue weighted by molar-refractivity contribution is 0.520. The number of fused-ring (bicyclic) bond motifs is 1. The van der Waals surface area contributed by atoms with Gasteiger partial charge in [0.2, 0.25) is 0 Å². The molecule has 0 aromatic carbocycles. The first-order valence-electron chi connectivity index (χ1n) is 4.86. The van der Waals surface area contributed by atoms with Gasteiger partial charge in [-0.05, 0) is 11.4 Å². The molecule has 0 fully saturated rings. The maximum atomic E-state index is 6.11. The zero-order chi connectivity index (χ0) is 10.3. The van der Waals surface area contributed by atoms with Crippen LogP contribution in [0, 0.1) is 0 Å². The molecule has 0 bridgehead atoms. The van der Waals surface area contributed by atoms with E-state index in [-0.39, 0.29) is 0 Å². The van der Waals surface area contributed by atoms with Crippen LogP contribution in [0.2, 0.25) is 5.15 Å². The van der Waals surface area contributed by atoms with Crippen molar-refractivity contribution in [2.75, 3.05) is 6.54 Å². The molecule has 0 aliphatic carbocycles. The largest absolute Gasteiger partial charge is 0.324 e. The summed E-state index contributed by atoms with van der Waals surface area (Å²) in [5.41, 5.74) is 1.10. The van der Waals surface area contributed by atoms with E-state index in [0.29, 0.717) is 5.15 Å². The van der Waals surface area contributed by atoms with E-state index < -0.39 is 0 Å². The van der Waals surface area contributed by atoms with Gasteiger partial charge >= 0.3 is 0 Å². The van der Waals surface area contributed by atoms with E-state index in [9.17, 15) is 0 Å². The Labute approximate surface area is 96.7 Å². The fourth-order valence-corrected chi connectivity index (χ4v) is 2.83. The molecule has 3 heterocycles. The molecule has 0 amide bonds. The quantitative estimate of drug-likeness (QED) is 0.828. The summed E-state index contributed by atoms with van der Waals surface area (Å²) in [6, 6.07) is 4.12. The number of rotatable bonds is 1. The summed E-state index contributed by atoms with van der Waals surface area (Å²) >= 11 is 7.81. The monoisotopic (exact) mass is 239 g/mol. The number of thiophene rings is 1. The predicted octanol–water partition coefficient (Wildman–Crippen LogP) is 2.37. The number of hydrogen-bond acceptors (Lipinski definition) is 3. The highest BCUT2D eigenvalue weighted by molar-refractivity contribution is 7.13. The van der Waals surface area contributed by atoms with Gasteiger partial charge in [0.15, 0.2) is 11.0 Å². The van der Waals surface area contributed by atoms with Crippen molar-refractivity contribution in [2.45, 2.75) is 13.1 Å². The smallest absolute Gasteiger partial charge is 0.152 e. The van der Waals surface area contributed by atoms with Crippen LogP contribution >= 0.6 is 22.9 Å². The summed E-state index contributed by atoms with van der Waals surface area (Å²) in [5.74, 6) is 1.01. The van der Waals surface area contributed by atoms with Gasteiger partial charge in [0.05, 0.1) is 10.6 Å². The van der Waals surface area contributed by atoms with E-state index in [1.54, 1.807) is 11.3 Å². The van der Waals surface area contributed by atoms with Gasteiger partial charge in [-0.1, -0.05) is 17.7 Å². The van der Waals surface area contributed by atoms with Gasteiger partial charge in [-0.2, -0.15) is 0 Å². The van der Waals surface area contributed by atoms with Crippen LogP contribution in [0.4, 0.5) is 0 Å². The van der Waals surface area contributed by atoms with Crippen LogP contribution in [0.5, 0.6) is 0 Å². The molecule has 0 unspecified atom stereocenters. The van der Waals surface area contributed by atoms with Crippen LogP contribution in [0.1, 0.15) is 5.69 Å². The molecule has 1 N–H and O–H groups in total. The van der Waals surface area contributed by atoms with Crippen molar-refractivity contribution >= 4 is 22.9 Å². The third-order valence-corrected chi connectivity index (χ3v) is 3.74. The Morgan fingerprint density at radius 1 is 1.53 bits per heavy atom. The van der Waals surface area contributed by atoms with Crippen LogP contribution < -0.4 is 5.32 Å². The van der Waals surface area contributed by atoms with Gasteiger partial charge in [-0.15, -0.1) is 11.3 Å². The fraction of sp³-hybridized carbons (Fsp3) is 0.300. The number of aromatic nitrogens is 2. The van der Waals surface area contributed by atoms with E-state index in [4.69, 9.17) is 11.6 Å². The highest BCUT2D eigenvalue weighted by Gasteiger charge is 2.19. The lowest BCUT2D eigenvalue weighted by Crippen LogP contribution is -2.28. The SMILES string of the molecule is Clc1nc(-c2cccs2)n2c1CNCC2. The number of hydrogen-bond donors (Lipinski definition) is 1. The Bertz CT molecular complexity index is 475. The normalized spacial score (nSPS) is 15.3. The number of nitrogens with one attached hydrogen (secondary N) is 1. The standard InChI is InChI=1S/C10H10ClN3S/c11-9-7-6-12-3-4-14(7)10(13-9)8-2-1-5-15-8/h1-2,5,12H,3-4,6H2. The van der Waals surface area contributed by atoms with Crippen molar-refractivity contribution in [2.24, 2.45) is 0 Å². The summed E-state index contributed by atoms with van der Waals surface area (Å²) in [7, 11) is 0. The summed E-state index contributed by atoms with van der Waals surface area (Å²) in [4.78, 5) is 5.62. The van der Waals surface area contributed by atoms with E-state index in [2.05, 4.69) is 26.3 Å². The molecule has 1 aliphatic rings. The van der Waals surface area contributed by atoms with Crippen molar-refractivity contribution in [3.05, 3.63) is 28.4 Å². The fourth-order valence-electron chi connectivity index (χ4n) is 1.86. The molecule has 0 saturated heterocycles. The Morgan fingerprint density at radius 3 is 3.27 bits per heavy atom. The highest BCUT2D eigenvalue weighted by Crippen LogP contribution is 2.29. The van der Waals surface area contributed by atoms with Crippen molar-refractivity contribution in [3.8, 4) is 10.7 Å². The van der Waals surface area contributed by atoms with Gasteiger partial charge in [0, 0.05) is 19.6 Å². The van der Waals surface area contributed by atoms with Crippen molar-refractivity contribution in [1.82, 2.24) is 14.9 Å². The molecule has 0 spiro atoms. The molecule has 15 heavy (non-hydrogen) atoms. The third kappa shape index (κ3) is 1.49. The Kier molecular flexibility index (Phi) is 2.27. The molecule has 2 aromatic rings. The first-order chi connectivity index (χ1) is 7.36. The highest BCUT2D eigenvalue weighted by atomic mass is 35.5.